The molecule has 0 spiro atoms. The van der Waals surface area contributed by atoms with Crippen LogP contribution >= 0.6 is 17.5 Å². The van der Waals surface area contributed by atoms with Gasteiger partial charge in [-0.05, 0) is 43.2 Å². The molecule has 0 saturated carbocycles. The Hall–Kier alpha value is -2.76. The molecule has 5 aromatic rings. The summed E-state index contributed by atoms with van der Waals surface area (Å²) in [5, 5.41) is 6.61. The van der Waals surface area contributed by atoms with E-state index in [1.54, 1.807) is 0 Å². The summed E-state index contributed by atoms with van der Waals surface area (Å²) in [4.78, 5) is 0. The Bertz CT molecular complexity index is 1250. The first-order valence-corrected chi connectivity index (χ1v) is 16.3. The molecule has 0 amide bonds. The number of hydrogen-bond acceptors (Lipinski definition) is 2. The Balaban J connectivity index is 0.000000322. The van der Waals surface area contributed by atoms with Gasteiger partial charge in [-0.25, -0.2) is 0 Å². The molecule has 2 nitrogen and oxygen atoms in total. The first-order valence-electron chi connectivity index (χ1n) is 12.8. The molecule has 5 rings (SSSR count). The Morgan fingerprint density at radius 1 is 0.692 bits per heavy atom. The van der Waals surface area contributed by atoms with Crippen molar-refractivity contribution in [1.29, 1.82) is 0 Å². The Labute approximate surface area is 249 Å². The molecule has 0 aliphatic carbocycles. The topological polar surface area (TPSA) is 38.0 Å². The number of para-hydroxylation sites is 1. The molecule has 5 heteroatoms. The summed E-state index contributed by atoms with van der Waals surface area (Å²) < 4.78 is 0. The molecular weight excluding hydrogens is 609 g/mol. The van der Waals surface area contributed by atoms with E-state index in [4.69, 9.17) is 5.73 Å². The molecule has 0 unspecified atom stereocenters. The van der Waals surface area contributed by atoms with Crippen molar-refractivity contribution in [1.82, 2.24) is 0 Å². The maximum absolute atomic E-state index is 5.58. The molecular formula is C34H34ClN2PPd. The van der Waals surface area contributed by atoms with Crippen molar-refractivity contribution in [3.05, 3.63) is 163 Å². The molecule has 3 N–H and O–H groups in total. The van der Waals surface area contributed by atoms with Crippen LogP contribution in [0.25, 0.3) is 0 Å². The van der Waals surface area contributed by atoms with Crippen LogP contribution < -0.4 is 21.7 Å². The third-order valence-electron chi connectivity index (χ3n) is 6.04. The number of nitrogens with two attached hydrogens (primary N) is 1. The average Bonchev–Trinajstić information content (AvgIpc) is 3.03. The third kappa shape index (κ3) is 10.4. The van der Waals surface area contributed by atoms with Crippen LogP contribution in [-0.4, -0.2) is 6.16 Å². The predicted octanol–water partition coefficient (Wildman–Crippen LogP) is 8.17. The number of anilines is 1. The van der Waals surface area contributed by atoms with E-state index in [0.29, 0.717) is 0 Å². The monoisotopic (exact) mass is 642 g/mol. The maximum atomic E-state index is 5.58. The molecule has 202 valence electrons. The minimum absolute atomic E-state index is 0.103. The van der Waals surface area contributed by atoms with Gasteiger partial charge < -0.3 is 11.1 Å². The fourth-order valence-corrected chi connectivity index (χ4v) is 6.56. The van der Waals surface area contributed by atoms with Gasteiger partial charge in [-0.2, -0.15) is 30.3 Å². The van der Waals surface area contributed by atoms with Crippen molar-refractivity contribution >= 4 is 33.7 Å². The van der Waals surface area contributed by atoms with Gasteiger partial charge in [0.05, 0.1) is 6.04 Å². The second-order valence-corrected chi connectivity index (χ2v) is 11.1. The zero-order chi connectivity index (χ0) is 27.7. The minimum Gasteiger partial charge on any atom is -0.378 e. The molecule has 39 heavy (non-hydrogen) atoms. The number of benzene rings is 5. The normalized spacial score (nSPS) is 11.7. The van der Waals surface area contributed by atoms with Crippen molar-refractivity contribution in [3.63, 3.8) is 0 Å². The quantitative estimate of drug-likeness (QED) is 0.102. The van der Waals surface area contributed by atoms with Gasteiger partial charge in [0, 0.05) is 17.9 Å². The summed E-state index contributed by atoms with van der Waals surface area (Å²) >= 11 is 2.22. The van der Waals surface area contributed by atoms with Gasteiger partial charge in [0.25, 0.3) is 0 Å². The van der Waals surface area contributed by atoms with Crippen molar-refractivity contribution in [2.24, 2.45) is 5.73 Å². The van der Waals surface area contributed by atoms with E-state index in [-0.39, 0.29) is 12.1 Å². The van der Waals surface area contributed by atoms with Gasteiger partial charge in [-0.3, -0.25) is 0 Å². The van der Waals surface area contributed by atoms with Crippen LogP contribution in [0.4, 0.5) is 5.69 Å². The van der Waals surface area contributed by atoms with Gasteiger partial charge in [0.1, 0.15) is 0 Å². The SMILES string of the molecule is C[C@H](N)c1[c-]cccc1.[Cl][Pd+].c1ccc(N[C@@H](CP(c2ccccc2)c2ccccc2)c2ccccc2)cc1. The molecule has 0 bridgehead atoms. The zero-order valence-electron chi connectivity index (χ0n) is 21.9. The molecule has 0 aliphatic heterocycles. The Morgan fingerprint density at radius 3 is 1.59 bits per heavy atom. The molecule has 0 saturated heterocycles. The molecule has 0 heterocycles. The summed E-state index contributed by atoms with van der Waals surface area (Å²) in [5.74, 6) is 0. The van der Waals surface area contributed by atoms with E-state index in [9.17, 15) is 0 Å². The number of nitrogens with one attached hydrogen (secondary N) is 1. The predicted molar refractivity (Wildman–Crippen MR) is 167 cm³/mol. The van der Waals surface area contributed by atoms with Gasteiger partial charge >= 0.3 is 27.7 Å². The molecule has 0 radical (unpaired) electrons. The van der Waals surface area contributed by atoms with Crippen LogP contribution in [0.1, 0.15) is 30.1 Å². The van der Waals surface area contributed by atoms with Gasteiger partial charge in [-0.1, -0.05) is 109 Å². The third-order valence-corrected chi connectivity index (χ3v) is 8.61. The first kappa shape index (κ1) is 30.8. The first-order chi connectivity index (χ1) is 19.2. The van der Waals surface area contributed by atoms with Gasteiger partial charge in [0.2, 0.25) is 0 Å². The number of hydrogen-bond donors (Lipinski definition) is 2. The van der Waals surface area contributed by atoms with Crippen molar-refractivity contribution in [2.75, 3.05) is 11.5 Å². The van der Waals surface area contributed by atoms with Crippen molar-refractivity contribution in [2.45, 2.75) is 19.0 Å². The minimum atomic E-state index is -0.473. The summed E-state index contributed by atoms with van der Waals surface area (Å²) in [6.07, 6.45) is 1.04. The maximum Gasteiger partial charge on any atom is 0.0559 e. The van der Waals surface area contributed by atoms with Crippen LogP contribution in [0, 0.1) is 6.07 Å². The molecule has 0 aliphatic rings. The number of rotatable bonds is 8. The van der Waals surface area contributed by atoms with E-state index in [0.717, 1.165) is 17.4 Å². The zero-order valence-corrected chi connectivity index (χ0v) is 25.1. The van der Waals surface area contributed by atoms with Crippen molar-refractivity contribution < 1.29 is 18.2 Å². The standard InChI is InChI=1S/C26H24NP.C8H10N.ClH.Pd/c1-5-13-22(14-6-1)26(27-23-15-7-2-8-16-23)21-28(24-17-9-3-10-18-24)25-19-11-4-12-20-25;1-7(9)8-5-3-2-4-6-8;;/h1-20,26-27H,21H2;2-5,7H,9H2,1H3;1H;/q;-1;;+2/p-1/t26-;7-;;/m00../s1. The molecule has 0 aromatic heterocycles. The largest absolute Gasteiger partial charge is 0.378 e. The van der Waals surface area contributed by atoms with E-state index >= 15 is 0 Å². The van der Waals surface area contributed by atoms with Crippen LogP contribution in [0.2, 0.25) is 0 Å². The van der Waals surface area contributed by atoms with E-state index in [2.05, 4.69) is 160 Å². The molecule has 5 aromatic carbocycles. The fraction of sp³-hybridized carbons (Fsp3) is 0.118. The molecule has 0 fully saturated rings. The van der Waals surface area contributed by atoms with Crippen LogP contribution in [-0.2, 0) is 18.2 Å². The average molecular weight is 644 g/mol. The second-order valence-electron chi connectivity index (χ2n) is 8.86. The van der Waals surface area contributed by atoms with Crippen LogP contribution in [0.15, 0.2) is 146 Å². The van der Waals surface area contributed by atoms with Crippen LogP contribution in [0.5, 0.6) is 0 Å². The van der Waals surface area contributed by atoms with Gasteiger partial charge in [-0.15, -0.1) is 5.56 Å². The summed E-state index contributed by atoms with van der Waals surface area (Å²) in [6.45, 7) is 1.95. The summed E-state index contributed by atoms with van der Waals surface area (Å²) in [7, 11) is 4.02. The van der Waals surface area contributed by atoms with E-state index in [1.165, 1.54) is 16.2 Å². The smallest absolute Gasteiger partial charge is 0.0559 e. The fourth-order valence-electron chi connectivity index (χ4n) is 4.10. The van der Waals surface area contributed by atoms with E-state index < -0.39 is 7.92 Å². The number of halogens is 1. The second kappa shape index (κ2) is 17.8. The van der Waals surface area contributed by atoms with E-state index in [1.807, 2.05) is 31.2 Å². The van der Waals surface area contributed by atoms with Crippen molar-refractivity contribution in [3.8, 4) is 0 Å². The Morgan fingerprint density at radius 2 is 1.15 bits per heavy atom. The van der Waals surface area contributed by atoms with Crippen LogP contribution in [0.3, 0.4) is 0 Å². The summed E-state index contributed by atoms with van der Waals surface area (Å²) in [6, 6.07) is 54.3. The molecule has 2 atom stereocenters. The Kier molecular flexibility index (Phi) is 14.0. The van der Waals surface area contributed by atoms with Gasteiger partial charge in [0.15, 0.2) is 0 Å². The summed E-state index contributed by atoms with van der Waals surface area (Å²) in [5.41, 5.74) is 9.13.